The van der Waals surface area contributed by atoms with Gasteiger partial charge in [0.25, 0.3) is 0 Å². The Morgan fingerprint density at radius 1 is 1.24 bits per heavy atom. The van der Waals surface area contributed by atoms with Crippen LogP contribution in [0.3, 0.4) is 0 Å². The lowest BCUT2D eigenvalue weighted by atomic mass is 10.1. The van der Waals surface area contributed by atoms with Crippen LogP contribution in [-0.4, -0.2) is 60.6 Å². The van der Waals surface area contributed by atoms with Crippen LogP contribution in [0.2, 0.25) is 0 Å². The zero-order valence-corrected chi connectivity index (χ0v) is 15.3. The SMILES string of the molecule is CCC(=O)N(CC[N+]1=C(CC)OCC1)Cc1ccc(C(=O)OC)cc1. The lowest BCUT2D eigenvalue weighted by Crippen LogP contribution is -2.36. The van der Waals surface area contributed by atoms with E-state index in [4.69, 9.17) is 9.47 Å². The van der Waals surface area contributed by atoms with E-state index in [0.29, 0.717) is 25.1 Å². The molecule has 1 heterocycles. The van der Waals surface area contributed by atoms with Gasteiger partial charge >= 0.3 is 11.9 Å². The number of benzene rings is 1. The van der Waals surface area contributed by atoms with Crippen LogP contribution in [0.15, 0.2) is 24.3 Å². The zero-order valence-electron chi connectivity index (χ0n) is 15.3. The molecule has 1 aliphatic rings. The van der Waals surface area contributed by atoms with Crippen LogP contribution in [0.25, 0.3) is 0 Å². The third-order valence-electron chi connectivity index (χ3n) is 4.33. The normalized spacial score (nSPS) is 13.6. The number of hydrogen-bond donors (Lipinski definition) is 0. The third kappa shape index (κ3) is 5.05. The Balaban J connectivity index is 2.02. The van der Waals surface area contributed by atoms with Gasteiger partial charge in [0.2, 0.25) is 5.91 Å². The molecule has 0 saturated carbocycles. The van der Waals surface area contributed by atoms with Crippen LogP contribution in [0.4, 0.5) is 0 Å². The molecule has 0 unspecified atom stereocenters. The third-order valence-corrected chi connectivity index (χ3v) is 4.33. The average molecular weight is 347 g/mol. The number of carbonyl (C=O) groups excluding carboxylic acids is 2. The van der Waals surface area contributed by atoms with Crippen molar-refractivity contribution in [3.05, 3.63) is 35.4 Å². The Morgan fingerprint density at radius 3 is 2.56 bits per heavy atom. The van der Waals surface area contributed by atoms with Crippen LogP contribution in [-0.2, 0) is 20.8 Å². The number of esters is 1. The van der Waals surface area contributed by atoms with Gasteiger partial charge < -0.3 is 14.4 Å². The van der Waals surface area contributed by atoms with Gasteiger partial charge in [-0.05, 0) is 17.7 Å². The van der Waals surface area contributed by atoms with Gasteiger partial charge in [0, 0.05) is 13.0 Å². The molecule has 0 radical (unpaired) electrons. The van der Waals surface area contributed by atoms with Gasteiger partial charge in [-0.1, -0.05) is 26.0 Å². The molecule has 1 aliphatic heterocycles. The van der Waals surface area contributed by atoms with Gasteiger partial charge in [0.1, 0.15) is 0 Å². The summed E-state index contributed by atoms with van der Waals surface area (Å²) in [7, 11) is 1.36. The van der Waals surface area contributed by atoms with Crippen molar-refractivity contribution in [1.29, 1.82) is 0 Å². The predicted molar refractivity (Wildman–Crippen MR) is 94.7 cm³/mol. The lowest BCUT2D eigenvalue weighted by molar-refractivity contribution is -0.519. The van der Waals surface area contributed by atoms with E-state index in [9.17, 15) is 9.59 Å². The fraction of sp³-hybridized carbons (Fsp3) is 0.526. The first-order valence-corrected chi connectivity index (χ1v) is 8.77. The van der Waals surface area contributed by atoms with Crippen LogP contribution in [0.5, 0.6) is 0 Å². The molecule has 0 saturated heterocycles. The van der Waals surface area contributed by atoms with Gasteiger partial charge in [0.05, 0.1) is 25.6 Å². The van der Waals surface area contributed by atoms with Crippen LogP contribution < -0.4 is 0 Å². The molecule has 0 fully saturated rings. The van der Waals surface area contributed by atoms with Crippen molar-refractivity contribution in [1.82, 2.24) is 4.90 Å². The molecule has 0 atom stereocenters. The number of rotatable bonds is 8. The quantitative estimate of drug-likeness (QED) is 0.533. The highest BCUT2D eigenvalue weighted by atomic mass is 16.5. The Morgan fingerprint density at radius 2 is 1.96 bits per heavy atom. The minimum Gasteiger partial charge on any atom is -0.465 e. The van der Waals surface area contributed by atoms with Crippen molar-refractivity contribution in [2.75, 3.05) is 33.4 Å². The molecule has 0 bridgehead atoms. The maximum Gasteiger partial charge on any atom is 0.337 e. The smallest absolute Gasteiger partial charge is 0.337 e. The molecule has 25 heavy (non-hydrogen) atoms. The predicted octanol–water partition coefficient (Wildman–Crippen LogP) is 2.06. The van der Waals surface area contributed by atoms with Gasteiger partial charge in [-0.2, -0.15) is 4.58 Å². The van der Waals surface area contributed by atoms with Crippen molar-refractivity contribution in [2.24, 2.45) is 0 Å². The maximum atomic E-state index is 12.3. The van der Waals surface area contributed by atoms with Crippen molar-refractivity contribution < 1.29 is 23.6 Å². The van der Waals surface area contributed by atoms with E-state index in [1.807, 2.05) is 24.0 Å². The van der Waals surface area contributed by atoms with Gasteiger partial charge in [0.15, 0.2) is 19.7 Å². The number of carbonyl (C=O) groups is 2. The monoisotopic (exact) mass is 347 g/mol. The van der Waals surface area contributed by atoms with Gasteiger partial charge in [-0.15, -0.1) is 0 Å². The second-order valence-electron chi connectivity index (χ2n) is 5.94. The molecule has 0 N–H and O–H groups in total. The summed E-state index contributed by atoms with van der Waals surface area (Å²) >= 11 is 0. The van der Waals surface area contributed by atoms with Crippen molar-refractivity contribution in [3.8, 4) is 0 Å². The molecule has 0 aromatic heterocycles. The number of amides is 1. The van der Waals surface area contributed by atoms with E-state index in [-0.39, 0.29) is 11.9 Å². The molecule has 6 heteroatoms. The summed E-state index contributed by atoms with van der Waals surface area (Å²) in [5.74, 6) is 0.770. The highest BCUT2D eigenvalue weighted by Gasteiger charge is 2.23. The number of ether oxygens (including phenoxy) is 2. The van der Waals surface area contributed by atoms with E-state index < -0.39 is 0 Å². The van der Waals surface area contributed by atoms with E-state index in [1.54, 1.807) is 12.1 Å². The first kappa shape index (κ1) is 19.0. The molecular weight excluding hydrogens is 320 g/mol. The second-order valence-corrected chi connectivity index (χ2v) is 5.94. The number of hydrogen-bond acceptors (Lipinski definition) is 4. The summed E-state index contributed by atoms with van der Waals surface area (Å²) in [6.45, 7) is 7.51. The summed E-state index contributed by atoms with van der Waals surface area (Å²) in [6, 6.07) is 7.19. The largest absolute Gasteiger partial charge is 0.465 e. The van der Waals surface area contributed by atoms with E-state index >= 15 is 0 Å². The second kappa shape index (κ2) is 9.20. The Bertz CT molecular complexity index is 637. The minimum absolute atomic E-state index is 0.121. The first-order chi connectivity index (χ1) is 12.1. The summed E-state index contributed by atoms with van der Waals surface area (Å²) in [5, 5.41) is 0. The summed E-state index contributed by atoms with van der Waals surface area (Å²) in [6.07, 6.45) is 1.35. The summed E-state index contributed by atoms with van der Waals surface area (Å²) in [5.41, 5.74) is 1.50. The highest BCUT2D eigenvalue weighted by molar-refractivity contribution is 5.89. The average Bonchev–Trinajstić information content (AvgIpc) is 3.11. The van der Waals surface area contributed by atoms with Gasteiger partial charge in [-0.25, -0.2) is 4.79 Å². The molecular formula is C19H27N2O4+. The van der Waals surface area contributed by atoms with Crippen molar-refractivity contribution in [3.63, 3.8) is 0 Å². The molecule has 2 rings (SSSR count). The van der Waals surface area contributed by atoms with Gasteiger partial charge in [-0.3, -0.25) is 4.79 Å². The van der Waals surface area contributed by atoms with Crippen molar-refractivity contribution in [2.45, 2.75) is 33.2 Å². The summed E-state index contributed by atoms with van der Waals surface area (Å²) in [4.78, 5) is 25.7. The van der Waals surface area contributed by atoms with Crippen molar-refractivity contribution >= 4 is 17.8 Å². The fourth-order valence-corrected chi connectivity index (χ4v) is 2.89. The summed E-state index contributed by atoms with van der Waals surface area (Å²) < 4.78 is 12.5. The van der Waals surface area contributed by atoms with Crippen LogP contribution in [0, 0.1) is 0 Å². The first-order valence-electron chi connectivity index (χ1n) is 8.77. The topological polar surface area (TPSA) is 58.8 Å². The molecule has 1 aromatic rings. The van der Waals surface area contributed by atoms with E-state index in [0.717, 1.165) is 37.6 Å². The minimum atomic E-state index is -0.357. The van der Waals surface area contributed by atoms with E-state index in [2.05, 4.69) is 11.5 Å². The van der Waals surface area contributed by atoms with Crippen LogP contribution >= 0.6 is 0 Å². The van der Waals surface area contributed by atoms with E-state index in [1.165, 1.54) is 7.11 Å². The highest BCUT2D eigenvalue weighted by Crippen LogP contribution is 2.10. The molecule has 1 amide bonds. The number of methoxy groups -OCH3 is 1. The molecule has 6 nitrogen and oxygen atoms in total. The molecule has 136 valence electrons. The standard InChI is InChI=1S/C19H27N2O4/c1-4-17(22)21(11-10-20-12-13-25-18(20)5-2)14-15-6-8-16(9-7-15)19(23)24-3/h6-9H,4-5,10-14H2,1-3H3/q+1. The fourth-order valence-electron chi connectivity index (χ4n) is 2.89. The van der Waals surface area contributed by atoms with Crippen LogP contribution in [0.1, 0.15) is 42.6 Å². The Labute approximate surface area is 149 Å². The molecule has 1 aromatic carbocycles. The maximum absolute atomic E-state index is 12.3. The Hall–Kier alpha value is -2.37. The molecule has 0 aliphatic carbocycles. The zero-order chi connectivity index (χ0) is 18.2. The number of nitrogens with zero attached hydrogens (tertiary/aromatic N) is 2. The lowest BCUT2D eigenvalue weighted by Gasteiger charge is -2.21. The molecule has 0 spiro atoms. The Kier molecular flexibility index (Phi) is 6.98.